The number of nitrogens with two attached hydrogens (primary N) is 1. The van der Waals surface area contributed by atoms with Gasteiger partial charge in [0.15, 0.2) is 0 Å². The summed E-state index contributed by atoms with van der Waals surface area (Å²) < 4.78 is 11.1. The van der Waals surface area contributed by atoms with Crippen LogP contribution < -0.4 is 10.5 Å². The summed E-state index contributed by atoms with van der Waals surface area (Å²) >= 11 is 10.8. The zero-order valence-electron chi connectivity index (χ0n) is 11.4. The maximum Gasteiger partial charge on any atom is 0.119 e. The second-order valence-corrected chi connectivity index (χ2v) is 5.30. The number of thiocarbonyl (C=S) groups is 1. The molecule has 0 aliphatic rings. The fourth-order valence-electron chi connectivity index (χ4n) is 1.75. The van der Waals surface area contributed by atoms with E-state index in [0.29, 0.717) is 29.8 Å². The van der Waals surface area contributed by atoms with Crippen molar-refractivity contribution < 1.29 is 9.47 Å². The minimum atomic E-state index is 0.381. The molecule has 0 aliphatic heterocycles. The molecule has 5 heteroatoms. The summed E-state index contributed by atoms with van der Waals surface area (Å²) in [7, 11) is 0. The Morgan fingerprint density at radius 1 is 1.10 bits per heavy atom. The van der Waals surface area contributed by atoms with Gasteiger partial charge in [0.2, 0.25) is 0 Å². The lowest BCUT2D eigenvalue weighted by Crippen LogP contribution is -2.09. The van der Waals surface area contributed by atoms with Crippen molar-refractivity contribution in [2.24, 2.45) is 5.73 Å². The molecule has 0 aromatic heterocycles. The van der Waals surface area contributed by atoms with Crippen LogP contribution >= 0.6 is 23.8 Å². The van der Waals surface area contributed by atoms with Crippen LogP contribution in [0.3, 0.4) is 0 Å². The Kier molecular flexibility index (Phi) is 5.99. The number of halogens is 1. The average Bonchev–Trinajstić information content (AvgIpc) is 2.47. The van der Waals surface area contributed by atoms with E-state index in [2.05, 4.69) is 0 Å². The Hall–Kier alpha value is -1.62. The van der Waals surface area contributed by atoms with Gasteiger partial charge in [0, 0.05) is 10.6 Å². The van der Waals surface area contributed by atoms with Crippen LogP contribution in [0.5, 0.6) is 5.75 Å². The van der Waals surface area contributed by atoms with Crippen molar-refractivity contribution in [1.82, 2.24) is 0 Å². The van der Waals surface area contributed by atoms with Gasteiger partial charge in [-0.1, -0.05) is 36.0 Å². The molecule has 3 nitrogen and oxygen atoms in total. The number of benzene rings is 2. The first-order chi connectivity index (χ1) is 10.1. The smallest absolute Gasteiger partial charge is 0.119 e. The van der Waals surface area contributed by atoms with Gasteiger partial charge in [-0.15, -0.1) is 0 Å². The third kappa shape index (κ3) is 5.34. The standard InChI is InChI=1S/C16H16ClNO2S/c17-14-3-1-2-12(10-14)11-19-8-9-20-15-6-4-13(5-7-15)16(18)21/h1-7,10H,8-9,11H2,(H2,18,21). The molecule has 0 saturated heterocycles. The molecule has 0 radical (unpaired) electrons. The number of hydrogen-bond donors (Lipinski definition) is 1. The third-order valence-corrected chi connectivity index (χ3v) is 3.26. The topological polar surface area (TPSA) is 44.5 Å². The lowest BCUT2D eigenvalue weighted by Gasteiger charge is -2.08. The molecule has 21 heavy (non-hydrogen) atoms. The van der Waals surface area contributed by atoms with E-state index >= 15 is 0 Å². The number of rotatable bonds is 7. The molecular weight excluding hydrogens is 306 g/mol. The van der Waals surface area contributed by atoms with Crippen LogP contribution in [0.2, 0.25) is 5.02 Å². The van der Waals surface area contributed by atoms with Crippen LogP contribution in [0.1, 0.15) is 11.1 Å². The van der Waals surface area contributed by atoms with Gasteiger partial charge in [-0.25, -0.2) is 0 Å². The van der Waals surface area contributed by atoms with E-state index in [4.69, 9.17) is 39.0 Å². The molecule has 0 unspecified atom stereocenters. The normalized spacial score (nSPS) is 10.3. The summed E-state index contributed by atoms with van der Waals surface area (Å²) in [6.07, 6.45) is 0. The molecule has 2 N–H and O–H groups in total. The van der Waals surface area contributed by atoms with Gasteiger partial charge in [-0.2, -0.15) is 0 Å². The predicted octanol–water partition coefficient (Wildman–Crippen LogP) is 3.57. The summed E-state index contributed by atoms with van der Waals surface area (Å²) in [4.78, 5) is 0.381. The minimum absolute atomic E-state index is 0.381. The molecule has 0 aliphatic carbocycles. The van der Waals surface area contributed by atoms with E-state index < -0.39 is 0 Å². The van der Waals surface area contributed by atoms with Crippen molar-refractivity contribution in [1.29, 1.82) is 0 Å². The maximum atomic E-state index is 5.90. The monoisotopic (exact) mass is 321 g/mol. The molecule has 0 fully saturated rings. The lowest BCUT2D eigenvalue weighted by atomic mass is 10.2. The van der Waals surface area contributed by atoms with Crippen molar-refractivity contribution in [3.8, 4) is 5.75 Å². The Morgan fingerprint density at radius 2 is 1.86 bits per heavy atom. The second-order valence-electron chi connectivity index (χ2n) is 4.42. The van der Waals surface area contributed by atoms with Crippen LogP contribution in [-0.4, -0.2) is 18.2 Å². The van der Waals surface area contributed by atoms with E-state index in [0.717, 1.165) is 16.9 Å². The van der Waals surface area contributed by atoms with Crippen molar-refractivity contribution in [3.63, 3.8) is 0 Å². The van der Waals surface area contributed by atoms with E-state index in [1.165, 1.54) is 0 Å². The quantitative estimate of drug-likeness (QED) is 0.625. The predicted molar refractivity (Wildman–Crippen MR) is 88.9 cm³/mol. The molecule has 110 valence electrons. The number of hydrogen-bond acceptors (Lipinski definition) is 3. The summed E-state index contributed by atoms with van der Waals surface area (Å²) in [6, 6.07) is 15.0. The number of ether oxygens (including phenoxy) is 2. The molecule has 0 atom stereocenters. The molecule has 0 saturated carbocycles. The first-order valence-corrected chi connectivity index (χ1v) is 7.28. The van der Waals surface area contributed by atoms with E-state index in [1.807, 2.05) is 48.5 Å². The zero-order valence-corrected chi connectivity index (χ0v) is 13.0. The molecular formula is C16H16ClNO2S. The molecule has 0 amide bonds. The van der Waals surface area contributed by atoms with Crippen LogP contribution in [0.4, 0.5) is 0 Å². The third-order valence-electron chi connectivity index (χ3n) is 2.79. The first-order valence-electron chi connectivity index (χ1n) is 6.50. The zero-order chi connectivity index (χ0) is 15.1. The lowest BCUT2D eigenvalue weighted by molar-refractivity contribution is 0.0889. The van der Waals surface area contributed by atoms with Gasteiger partial charge < -0.3 is 15.2 Å². The van der Waals surface area contributed by atoms with E-state index in [1.54, 1.807) is 0 Å². The molecule has 2 rings (SSSR count). The van der Waals surface area contributed by atoms with Gasteiger partial charge in [0.1, 0.15) is 17.3 Å². The van der Waals surface area contributed by atoms with Gasteiger partial charge in [-0.3, -0.25) is 0 Å². The van der Waals surface area contributed by atoms with Crippen LogP contribution in [0.25, 0.3) is 0 Å². The van der Waals surface area contributed by atoms with Crippen LogP contribution in [-0.2, 0) is 11.3 Å². The van der Waals surface area contributed by atoms with Crippen molar-refractivity contribution in [2.75, 3.05) is 13.2 Å². The Labute approximate surface area is 134 Å². The molecule has 0 bridgehead atoms. The van der Waals surface area contributed by atoms with Gasteiger partial charge in [0.05, 0.1) is 13.2 Å². The van der Waals surface area contributed by atoms with Crippen molar-refractivity contribution in [3.05, 3.63) is 64.7 Å². The average molecular weight is 322 g/mol. The molecule has 0 spiro atoms. The van der Waals surface area contributed by atoms with E-state index in [-0.39, 0.29) is 0 Å². The van der Waals surface area contributed by atoms with Crippen molar-refractivity contribution >= 4 is 28.8 Å². The Bertz CT molecular complexity index is 601. The first kappa shape index (κ1) is 15.8. The molecule has 2 aromatic carbocycles. The SMILES string of the molecule is NC(=S)c1ccc(OCCOCc2cccc(Cl)c2)cc1. The summed E-state index contributed by atoms with van der Waals surface area (Å²) in [5, 5.41) is 0.713. The minimum Gasteiger partial charge on any atom is -0.491 e. The van der Waals surface area contributed by atoms with Crippen LogP contribution in [0.15, 0.2) is 48.5 Å². The van der Waals surface area contributed by atoms with Crippen molar-refractivity contribution in [2.45, 2.75) is 6.61 Å². The second kappa shape index (κ2) is 7.98. The maximum absolute atomic E-state index is 5.90. The fraction of sp³-hybridized carbons (Fsp3) is 0.188. The van der Waals surface area contributed by atoms with Crippen LogP contribution in [0, 0.1) is 0 Å². The largest absolute Gasteiger partial charge is 0.491 e. The fourth-order valence-corrected chi connectivity index (χ4v) is 2.10. The highest BCUT2D eigenvalue weighted by atomic mass is 35.5. The summed E-state index contributed by atoms with van der Waals surface area (Å²) in [6.45, 7) is 1.50. The summed E-state index contributed by atoms with van der Waals surface area (Å²) in [5.41, 5.74) is 7.40. The van der Waals surface area contributed by atoms with Gasteiger partial charge in [0.25, 0.3) is 0 Å². The Balaban J connectivity index is 1.69. The molecule has 2 aromatic rings. The van der Waals surface area contributed by atoms with Gasteiger partial charge >= 0.3 is 0 Å². The Morgan fingerprint density at radius 3 is 2.52 bits per heavy atom. The highest BCUT2D eigenvalue weighted by Crippen LogP contribution is 2.13. The molecule has 0 heterocycles. The highest BCUT2D eigenvalue weighted by molar-refractivity contribution is 7.80. The summed E-state index contributed by atoms with van der Waals surface area (Å²) in [5.74, 6) is 0.765. The van der Waals surface area contributed by atoms with Gasteiger partial charge in [-0.05, 0) is 42.0 Å². The highest BCUT2D eigenvalue weighted by Gasteiger charge is 1.98. The van der Waals surface area contributed by atoms with E-state index in [9.17, 15) is 0 Å².